The van der Waals surface area contributed by atoms with E-state index in [0.29, 0.717) is 6.54 Å². The lowest BCUT2D eigenvalue weighted by Crippen LogP contribution is -2.12. The Morgan fingerprint density at radius 2 is 2.20 bits per heavy atom. The molecule has 0 atom stereocenters. The van der Waals surface area contributed by atoms with Crippen molar-refractivity contribution in [3.8, 4) is 0 Å². The quantitative estimate of drug-likeness (QED) is 0.829. The van der Waals surface area contributed by atoms with Crippen molar-refractivity contribution in [2.45, 2.75) is 26.9 Å². The predicted octanol–water partition coefficient (Wildman–Crippen LogP) is 1.77. The number of aromatic nitrogens is 3. The molecule has 2 heterocycles. The maximum Gasteiger partial charge on any atom is 0.164 e. The molecular formula is C10H14N4S. The number of hydrogen-bond donors (Lipinski definition) is 2. The van der Waals surface area contributed by atoms with Gasteiger partial charge < -0.3 is 5.32 Å². The Balaban J connectivity index is 1.80. The van der Waals surface area contributed by atoms with Gasteiger partial charge in [-0.3, -0.25) is 5.10 Å². The van der Waals surface area contributed by atoms with Crippen LogP contribution in [-0.4, -0.2) is 15.2 Å². The number of aromatic amines is 1. The normalized spacial score (nSPS) is 10.8. The largest absolute Gasteiger partial charge is 0.305 e. The Morgan fingerprint density at radius 3 is 2.80 bits per heavy atom. The second-order valence-electron chi connectivity index (χ2n) is 3.45. The van der Waals surface area contributed by atoms with Gasteiger partial charge in [-0.1, -0.05) is 0 Å². The molecule has 2 rings (SSSR count). The van der Waals surface area contributed by atoms with E-state index in [1.807, 2.05) is 18.3 Å². The number of nitrogens with one attached hydrogen (secondary N) is 2. The van der Waals surface area contributed by atoms with Crippen LogP contribution < -0.4 is 5.32 Å². The molecule has 0 saturated heterocycles. The summed E-state index contributed by atoms with van der Waals surface area (Å²) in [4.78, 5) is 6.92. The summed E-state index contributed by atoms with van der Waals surface area (Å²) in [5.74, 6) is 1.68. The van der Waals surface area contributed by atoms with Gasteiger partial charge in [0.15, 0.2) is 5.82 Å². The smallest absolute Gasteiger partial charge is 0.164 e. The molecule has 0 aliphatic rings. The van der Waals surface area contributed by atoms with Crippen LogP contribution in [0.5, 0.6) is 0 Å². The summed E-state index contributed by atoms with van der Waals surface area (Å²) in [6.07, 6.45) is 0. The Kier molecular flexibility index (Phi) is 3.13. The topological polar surface area (TPSA) is 53.6 Å². The van der Waals surface area contributed by atoms with E-state index in [-0.39, 0.29) is 0 Å². The first-order chi connectivity index (χ1) is 7.24. The molecule has 0 saturated carbocycles. The summed E-state index contributed by atoms with van der Waals surface area (Å²) >= 11 is 1.82. The lowest BCUT2D eigenvalue weighted by atomic mass is 10.4. The maximum atomic E-state index is 4.22. The minimum absolute atomic E-state index is 0.710. The zero-order chi connectivity index (χ0) is 10.7. The second kappa shape index (κ2) is 4.55. The van der Waals surface area contributed by atoms with Crippen LogP contribution in [0.3, 0.4) is 0 Å². The van der Waals surface area contributed by atoms with Crippen molar-refractivity contribution in [1.82, 2.24) is 20.5 Å². The zero-order valence-electron chi connectivity index (χ0n) is 8.87. The van der Waals surface area contributed by atoms with Crippen LogP contribution in [0.25, 0.3) is 0 Å². The van der Waals surface area contributed by atoms with Gasteiger partial charge in [0.1, 0.15) is 5.82 Å². The summed E-state index contributed by atoms with van der Waals surface area (Å²) in [5, 5.41) is 10.2. The molecule has 2 aromatic rings. The lowest BCUT2D eigenvalue weighted by Gasteiger charge is -1.98. The van der Waals surface area contributed by atoms with E-state index in [1.165, 1.54) is 9.75 Å². The Hall–Kier alpha value is -1.20. The summed E-state index contributed by atoms with van der Waals surface area (Å²) in [6, 6.07) is 4.29. The molecular weight excluding hydrogens is 208 g/mol. The van der Waals surface area contributed by atoms with Crippen LogP contribution in [0, 0.1) is 13.8 Å². The molecule has 2 N–H and O–H groups in total. The highest BCUT2D eigenvalue weighted by atomic mass is 32.1. The van der Waals surface area contributed by atoms with Crippen LogP contribution in [0.1, 0.15) is 21.4 Å². The Bertz CT molecular complexity index is 392. The third kappa shape index (κ3) is 2.87. The van der Waals surface area contributed by atoms with E-state index in [0.717, 1.165) is 18.2 Å². The monoisotopic (exact) mass is 222 g/mol. The average Bonchev–Trinajstić information content (AvgIpc) is 2.76. The number of rotatable bonds is 4. The van der Waals surface area contributed by atoms with Crippen molar-refractivity contribution in [1.29, 1.82) is 0 Å². The van der Waals surface area contributed by atoms with E-state index in [9.17, 15) is 0 Å². The third-order valence-corrected chi connectivity index (χ3v) is 3.02. The number of nitrogens with zero attached hydrogens (tertiary/aromatic N) is 2. The summed E-state index contributed by atoms with van der Waals surface area (Å²) in [5.41, 5.74) is 0. The second-order valence-corrected chi connectivity index (χ2v) is 4.83. The SMILES string of the molecule is Cc1nc(CNCc2ccc(C)s2)n[nH]1. The Morgan fingerprint density at radius 1 is 1.33 bits per heavy atom. The van der Waals surface area contributed by atoms with Gasteiger partial charge >= 0.3 is 0 Å². The first-order valence-electron chi connectivity index (χ1n) is 4.88. The highest BCUT2D eigenvalue weighted by Gasteiger charge is 2.00. The minimum atomic E-state index is 0.710. The zero-order valence-corrected chi connectivity index (χ0v) is 9.69. The fourth-order valence-electron chi connectivity index (χ4n) is 1.35. The first-order valence-corrected chi connectivity index (χ1v) is 5.69. The van der Waals surface area contributed by atoms with Crippen molar-refractivity contribution in [3.63, 3.8) is 0 Å². The molecule has 0 unspecified atom stereocenters. The predicted molar refractivity (Wildman–Crippen MR) is 60.7 cm³/mol. The number of thiophene rings is 1. The molecule has 2 aromatic heterocycles. The molecule has 0 aliphatic heterocycles. The van der Waals surface area contributed by atoms with Crippen LogP contribution >= 0.6 is 11.3 Å². The molecule has 0 aromatic carbocycles. The van der Waals surface area contributed by atoms with Crippen molar-refractivity contribution in [2.75, 3.05) is 0 Å². The van der Waals surface area contributed by atoms with Crippen molar-refractivity contribution < 1.29 is 0 Å². The summed E-state index contributed by atoms with van der Waals surface area (Å²) in [7, 11) is 0. The first kappa shape index (κ1) is 10.3. The molecule has 0 bridgehead atoms. The van der Waals surface area contributed by atoms with E-state index >= 15 is 0 Å². The van der Waals surface area contributed by atoms with E-state index in [1.54, 1.807) is 0 Å². The number of aryl methyl sites for hydroxylation is 2. The number of hydrogen-bond acceptors (Lipinski definition) is 4. The molecule has 4 nitrogen and oxygen atoms in total. The van der Waals surface area contributed by atoms with Gasteiger partial charge in [-0.2, -0.15) is 5.10 Å². The van der Waals surface area contributed by atoms with Crippen LogP contribution in [0.4, 0.5) is 0 Å². The highest BCUT2D eigenvalue weighted by molar-refractivity contribution is 7.11. The Labute approximate surface area is 92.8 Å². The van der Waals surface area contributed by atoms with Crippen LogP contribution in [0.2, 0.25) is 0 Å². The maximum absolute atomic E-state index is 4.22. The third-order valence-electron chi connectivity index (χ3n) is 2.02. The molecule has 0 aliphatic carbocycles. The van der Waals surface area contributed by atoms with Crippen molar-refractivity contribution in [3.05, 3.63) is 33.5 Å². The molecule has 80 valence electrons. The average molecular weight is 222 g/mol. The van der Waals surface area contributed by atoms with E-state index in [2.05, 4.69) is 39.6 Å². The minimum Gasteiger partial charge on any atom is -0.305 e. The van der Waals surface area contributed by atoms with Crippen LogP contribution in [-0.2, 0) is 13.1 Å². The molecule has 5 heteroatoms. The molecule has 0 spiro atoms. The van der Waals surface area contributed by atoms with Gasteiger partial charge in [0.2, 0.25) is 0 Å². The number of H-pyrrole nitrogens is 1. The standard InChI is InChI=1S/C10H14N4S/c1-7-3-4-9(15-7)5-11-6-10-12-8(2)13-14-10/h3-4,11H,5-6H2,1-2H3,(H,12,13,14). The van der Waals surface area contributed by atoms with Gasteiger partial charge in [0.05, 0.1) is 6.54 Å². The molecule has 15 heavy (non-hydrogen) atoms. The van der Waals surface area contributed by atoms with E-state index < -0.39 is 0 Å². The van der Waals surface area contributed by atoms with Crippen LogP contribution in [0.15, 0.2) is 12.1 Å². The summed E-state index contributed by atoms with van der Waals surface area (Å²) < 4.78 is 0. The van der Waals surface area contributed by atoms with Gasteiger partial charge in [-0.05, 0) is 26.0 Å². The van der Waals surface area contributed by atoms with E-state index in [4.69, 9.17) is 0 Å². The van der Waals surface area contributed by atoms with Gasteiger partial charge in [-0.15, -0.1) is 11.3 Å². The molecule has 0 amide bonds. The fraction of sp³-hybridized carbons (Fsp3) is 0.400. The van der Waals surface area contributed by atoms with Crippen molar-refractivity contribution >= 4 is 11.3 Å². The summed E-state index contributed by atoms with van der Waals surface area (Å²) in [6.45, 7) is 5.61. The molecule has 0 radical (unpaired) electrons. The highest BCUT2D eigenvalue weighted by Crippen LogP contribution is 2.14. The molecule has 0 fully saturated rings. The van der Waals surface area contributed by atoms with Gasteiger partial charge in [0.25, 0.3) is 0 Å². The fourth-order valence-corrected chi connectivity index (χ4v) is 2.21. The van der Waals surface area contributed by atoms with Gasteiger partial charge in [0, 0.05) is 16.3 Å². The van der Waals surface area contributed by atoms with Crippen molar-refractivity contribution in [2.24, 2.45) is 0 Å². The van der Waals surface area contributed by atoms with Gasteiger partial charge in [-0.25, -0.2) is 4.98 Å². The lowest BCUT2D eigenvalue weighted by molar-refractivity contribution is 0.671.